The Bertz CT molecular complexity index is 997. The Hall–Kier alpha value is -2.91. The minimum absolute atomic E-state index is 0.0818. The molecule has 0 bridgehead atoms. The van der Waals surface area contributed by atoms with Crippen molar-refractivity contribution in [2.75, 3.05) is 35.0 Å². The Morgan fingerprint density at radius 1 is 0.897 bits per heavy atom. The molecule has 152 valence electrons. The molecule has 0 amide bonds. The first kappa shape index (κ1) is 19.4. The molecule has 29 heavy (non-hydrogen) atoms. The van der Waals surface area contributed by atoms with E-state index in [1.54, 1.807) is 28.4 Å². The summed E-state index contributed by atoms with van der Waals surface area (Å²) >= 11 is 0. The third-order valence-corrected chi connectivity index (χ3v) is 6.29. The predicted molar refractivity (Wildman–Crippen MR) is 109 cm³/mol. The maximum atomic E-state index is 10.4. The summed E-state index contributed by atoms with van der Waals surface area (Å²) in [7, 11) is 6.54. The van der Waals surface area contributed by atoms with Crippen LogP contribution in [0.1, 0.15) is 35.2 Å². The number of hydrogen-bond acceptors (Lipinski definition) is 6. The van der Waals surface area contributed by atoms with Gasteiger partial charge < -0.3 is 18.9 Å². The Labute approximate surface area is 171 Å². The van der Waals surface area contributed by atoms with Crippen LogP contribution in [0.5, 0.6) is 23.0 Å². The summed E-state index contributed by atoms with van der Waals surface area (Å²) in [4.78, 5) is 2.38. The number of nitrogens with zero attached hydrogens (tertiary/aromatic N) is 2. The SMILES string of the molecule is COc1cc2c(cc1OC)[C@H]1N(CC2)Cc2cc(OC)c(OC)cc2[C@]1(C)C#N. The minimum Gasteiger partial charge on any atom is -0.493 e. The van der Waals surface area contributed by atoms with E-state index in [0.29, 0.717) is 17.2 Å². The van der Waals surface area contributed by atoms with E-state index in [9.17, 15) is 5.26 Å². The zero-order valence-corrected chi connectivity index (χ0v) is 17.5. The topological polar surface area (TPSA) is 64.0 Å². The standard InChI is InChI=1S/C23H26N2O4/c1-23(13-24)17-11-21(29-5)19(27-3)9-15(17)12-25-7-6-14-8-18(26-2)20(28-4)10-16(14)22(23)25/h8-11,22H,6-7,12H2,1-5H3/t22-,23+/m1/s1. The number of methoxy groups -OCH3 is 4. The number of nitriles is 1. The highest BCUT2D eigenvalue weighted by molar-refractivity contribution is 5.57. The lowest BCUT2D eigenvalue weighted by Crippen LogP contribution is -2.49. The molecule has 2 heterocycles. The first-order chi connectivity index (χ1) is 14.0. The number of hydrogen-bond donors (Lipinski definition) is 0. The minimum atomic E-state index is -0.748. The van der Waals surface area contributed by atoms with Gasteiger partial charge in [0, 0.05) is 13.1 Å². The molecule has 2 aromatic carbocycles. The summed E-state index contributed by atoms with van der Waals surface area (Å²) in [5, 5.41) is 10.4. The number of fused-ring (bicyclic) bond motifs is 4. The van der Waals surface area contributed by atoms with Gasteiger partial charge in [0.05, 0.1) is 46.0 Å². The van der Waals surface area contributed by atoms with Crippen LogP contribution in [-0.4, -0.2) is 39.9 Å². The smallest absolute Gasteiger partial charge is 0.161 e. The lowest BCUT2D eigenvalue weighted by Gasteiger charge is -2.49. The highest BCUT2D eigenvalue weighted by Gasteiger charge is 2.48. The van der Waals surface area contributed by atoms with Crippen LogP contribution in [0.25, 0.3) is 0 Å². The molecule has 0 aromatic heterocycles. The number of rotatable bonds is 4. The van der Waals surface area contributed by atoms with Gasteiger partial charge in [-0.05, 0) is 59.9 Å². The van der Waals surface area contributed by atoms with Gasteiger partial charge in [-0.1, -0.05) is 0 Å². The van der Waals surface area contributed by atoms with Crippen molar-refractivity contribution in [1.82, 2.24) is 4.90 Å². The lowest BCUT2D eigenvalue weighted by atomic mass is 9.67. The van der Waals surface area contributed by atoms with Crippen molar-refractivity contribution >= 4 is 0 Å². The molecule has 0 aliphatic carbocycles. The summed E-state index contributed by atoms with van der Waals surface area (Å²) in [5.41, 5.74) is 3.67. The van der Waals surface area contributed by atoms with Crippen molar-refractivity contribution in [1.29, 1.82) is 5.26 Å². The Kier molecular flexibility index (Phi) is 4.79. The monoisotopic (exact) mass is 394 g/mol. The first-order valence-electron chi connectivity index (χ1n) is 9.66. The van der Waals surface area contributed by atoms with Crippen molar-refractivity contribution in [3.8, 4) is 29.1 Å². The average molecular weight is 394 g/mol. The van der Waals surface area contributed by atoms with Gasteiger partial charge in [0.15, 0.2) is 23.0 Å². The Morgan fingerprint density at radius 2 is 1.45 bits per heavy atom. The molecule has 4 rings (SSSR count). The van der Waals surface area contributed by atoms with Crippen LogP contribution in [0.2, 0.25) is 0 Å². The zero-order valence-electron chi connectivity index (χ0n) is 17.5. The van der Waals surface area contributed by atoms with Gasteiger partial charge in [-0.2, -0.15) is 5.26 Å². The van der Waals surface area contributed by atoms with Crippen LogP contribution >= 0.6 is 0 Å². The van der Waals surface area contributed by atoms with Gasteiger partial charge >= 0.3 is 0 Å². The van der Waals surface area contributed by atoms with Crippen LogP contribution in [0.3, 0.4) is 0 Å². The van der Waals surface area contributed by atoms with Crippen LogP contribution in [-0.2, 0) is 18.4 Å². The fourth-order valence-electron chi connectivity index (χ4n) is 4.87. The summed E-state index contributed by atoms with van der Waals surface area (Å²) in [6.07, 6.45) is 0.899. The van der Waals surface area contributed by atoms with Crippen molar-refractivity contribution in [2.45, 2.75) is 31.3 Å². The maximum Gasteiger partial charge on any atom is 0.161 e. The Balaban J connectivity index is 1.92. The van der Waals surface area contributed by atoms with Crippen molar-refractivity contribution in [3.05, 3.63) is 46.5 Å². The molecule has 6 heteroatoms. The fraction of sp³-hybridized carbons (Fsp3) is 0.435. The lowest BCUT2D eigenvalue weighted by molar-refractivity contribution is 0.111. The molecule has 0 fully saturated rings. The summed E-state index contributed by atoms with van der Waals surface area (Å²) in [5.74, 6) is 2.74. The molecule has 0 N–H and O–H groups in total. The molecule has 0 radical (unpaired) electrons. The third-order valence-electron chi connectivity index (χ3n) is 6.29. The molecule has 0 unspecified atom stereocenters. The molecule has 6 nitrogen and oxygen atoms in total. The van der Waals surface area contributed by atoms with Gasteiger partial charge in [0.2, 0.25) is 0 Å². The van der Waals surface area contributed by atoms with Crippen molar-refractivity contribution < 1.29 is 18.9 Å². The van der Waals surface area contributed by atoms with E-state index in [1.165, 1.54) is 5.56 Å². The van der Waals surface area contributed by atoms with E-state index >= 15 is 0 Å². The normalized spacial score (nSPS) is 22.6. The number of ether oxygens (including phenoxy) is 4. The van der Waals surface area contributed by atoms with Gasteiger partial charge in [-0.15, -0.1) is 0 Å². The van der Waals surface area contributed by atoms with Gasteiger partial charge in [0.1, 0.15) is 0 Å². The van der Waals surface area contributed by atoms with E-state index in [0.717, 1.165) is 42.0 Å². The van der Waals surface area contributed by atoms with Gasteiger partial charge in [-0.3, -0.25) is 4.90 Å². The third kappa shape index (κ3) is 2.80. The van der Waals surface area contributed by atoms with E-state index < -0.39 is 5.41 Å². The second kappa shape index (κ2) is 7.16. The molecule has 0 saturated heterocycles. The zero-order chi connectivity index (χ0) is 20.8. The molecular weight excluding hydrogens is 368 g/mol. The Morgan fingerprint density at radius 3 is 2.03 bits per heavy atom. The molecule has 2 aliphatic heterocycles. The largest absolute Gasteiger partial charge is 0.493 e. The van der Waals surface area contributed by atoms with Crippen molar-refractivity contribution in [3.63, 3.8) is 0 Å². The summed E-state index contributed by atoms with van der Waals surface area (Å²) in [6, 6.07) is 10.6. The van der Waals surface area contributed by atoms with Crippen LogP contribution in [0, 0.1) is 11.3 Å². The van der Waals surface area contributed by atoms with E-state index in [4.69, 9.17) is 18.9 Å². The van der Waals surface area contributed by atoms with E-state index in [-0.39, 0.29) is 6.04 Å². The van der Waals surface area contributed by atoms with E-state index in [2.05, 4.69) is 11.0 Å². The van der Waals surface area contributed by atoms with Crippen LogP contribution < -0.4 is 18.9 Å². The average Bonchev–Trinajstić information content (AvgIpc) is 2.76. The highest BCUT2D eigenvalue weighted by Crippen LogP contribution is 2.52. The predicted octanol–water partition coefficient (Wildman–Crippen LogP) is 3.62. The molecule has 2 aromatic rings. The fourth-order valence-corrected chi connectivity index (χ4v) is 4.87. The second-order valence-corrected chi connectivity index (χ2v) is 7.71. The summed E-state index contributed by atoms with van der Waals surface area (Å²) < 4.78 is 22.1. The second-order valence-electron chi connectivity index (χ2n) is 7.71. The molecule has 0 saturated carbocycles. The summed E-state index contributed by atoms with van der Waals surface area (Å²) in [6.45, 7) is 3.64. The van der Waals surface area contributed by atoms with Crippen molar-refractivity contribution in [2.24, 2.45) is 0 Å². The molecule has 0 spiro atoms. The molecule has 2 atom stereocenters. The first-order valence-corrected chi connectivity index (χ1v) is 9.66. The van der Waals surface area contributed by atoms with Crippen LogP contribution in [0.4, 0.5) is 0 Å². The maximum absolute atomic E-state index is 10.4. The molecule has 2 aliphatic rings. The van der Waals surface area contributed by atoms with Crippen LogP contribution in [0.15, 0.2) is 24.3 Å². The van der Waals surface area contributed by atoms with Gasteiger partial charge in [0.25, 0.3) is 0 Å². The quantitative estimate of drug-likeness (QED) is 0.789. The van der Waals surface area contributed by atoms with Gasteiger partial charge in [-0.25, -0.2) is 0 Å². The van der Waals surface area contributed by atoms with E-state index in [1.807, 2.05) is 31.2 Å². The highest BCUT2D eigenvalue weighted by atomic mass is 16.5. The number of benzene rings is 2. The molecular formula is C23H26N2O4.